The van der Waals surface area contributed by atoms with E-state index in [4.69, 9.17) is 11.6 Å². The number of fused-ring (bicyclic) bond motifs is 1. The zero-order valence-electron chi connectivity index (χ0n) is 11.3. The lowest BCUT2D eigenvalue weighted by Gasteiger charge is -2.06. The molecule has 0 saturated heterocycles. The van der Waals surface area contributed by atoms with Crippen LogP contribution < -0.4 is 11.0 Å². The lowest BCUT2D eigenvalue weighted by Crippen LogP contribution is -2.22. The van der Waals surface area contributed by atoms with Gasteiger partial charge in [0.05, 0.1) is 17.1 Å². The maximum absolute atomic E-state index is 12.0. The van der Waals surface area contributed by atoms with Crippen molar-refractivity contribution in [1.29, 1.82) is 0 Å². The van der Waals surface area contributed by atoms with Gasteiger partial charge >= 0.3 is 0 Å². The molecule has 0 bridgehead atoms. The molecule has 0 atom stereocenters. The van der Waals surface area contributed by atoms with E-state index in [1.807, 2.05) is 0 Å². The van der Waals surface area contributed by atoms with Gasteiger partial charge in [-0.25, -0.2) is 10.4 Å². The number of hydrogen-bond donors (Lipinski definition) is 2. The highest BCUT2D eigenvalue weighted by Crippen LogP contribution is 2.10. The summed E-state index contributed by atoms with van der Waals surface area (Å²) in [6, 6.07) is 13.8. The number of para-hydroxylation sites is 1. The quantitative estimate of drug-likeness (QED) is 0.442. The molecule has 0 fully saturated rings. The molecule has 3 aromatic rings. The Morgan fingerprint density at radius 1 is 1.18 bits per heavy atom. The Kier molecular flexibility index (Phi) is 3.76. The normalized spacial score (nSPS) is 11.1. The molecule has 0 aliphatic heterocycles. The van der Waals surface area contributed by atoms with Gasteiger partial charge in [-0.05, 0) is 29.8 Å². The van der Waals surface area contributed by atoms with E-state index in [0.29, 0.717) is 20.7 Å². The Bertz CT molecular complexity index is 904. The van der Waals surface area contributed by atoms with Gasteiger partial charge in [-0.2, -0.15) is 5.10 Å². The molecule has 0 spiro atoms. The highest BCUT2D eigenvalue weighted by atomic mass is 35.5. The Morgan fingerprint density at radius 2 is 1.91 bits per heavy atom. The smallest absolute Gasteiger partial charge is 0.295 e. The van der Waals surface area contributed by atoms with Crippen LogP contribution >= 0.6 is 11.6 Å². The number of halogens is 1. The van der Waals surface area contributed by atoms with E-state index in [1.165, 1.54) is 6.21 Å². The van der Waals surface area contributed by atoms with Gasteiger partial charge in [0.15, 0.2) is 0 Å². The van der Waals surface area contributed by atoms with Crippen molar-refractivity contribution >= 4 is 34.7 Å². The minimum absolute atomic E-state index is 0.0612. The molecule has 0 amide bonds. The Balaban J connectivity index is 1.89. The number of nitrogens with zero attached hydrogens (tertiary/aromatic N) is 3. The molecule has 7 heteroatoms. The summed E-state index contributed by atoms with van der Waals surface area (Å²) in [6.45, 7) is 0. The van der Waals surface area contributed by atoms with Gasteiger partial charge in [0, 0.05) is 5.02 Å². The summed E-state index contributed by atoms with van der Waals surface area (Å²) in [5, 5.41) is 14.7. The maximum Gasteiger partial charge on any atom is 0.295 e. The first-order valence-corrected chi connectivity index (χ1v) is 6.78. The van der Waals surface area contributed by atoms with Crippen molar-refractivity contribution in [2.24, 2.45) is 5.10 Å². The van der Waals surface area contributed by atoms with Crippen LogP contribution in [-0.4, -0.2) is 21.1 Å². The van der Waals surface area contributed by atoms with Gasteiger partial charge in [-0.15, -0.1) is 4.73 Å². The van der Waals surface area contributed by atoms with Gasteiger partial charge < -0.3 is 5.21 Å². The van der Waals surface area contributed by atoms with Crippen molar-refractivity contribution in [3.05, 3.63) is 69.5 Å². The van der Waals surface area contributed by atoms with Crippen LogP contribution in [0.4, 0.5) is 5.95 Å². The van der Waals surface area contributed by atoms with E-state index in [0.717, 1.165) is 5.56 Å². The highest BCUT2D eigenvalue weighted by molar-refractivity contribution is 6.30. The summed E-state index contributed by atoms with van der Waals surface area (Å²) in [5.74, 6) is -0.0612. The fourth-order valence-electron chi connectivity index (χ4n) is 1.91. The molecule has 0 unspecified atom stereocenters. The summed E-state index contributed by atoms with van der Waals surface area (Å²) in [5.41, 5.74) is 3.27. The Hall–Kier alpha value is -2.86. The van der Waals surface area contributed by atoms with E-state index in [-0.39, 0.29) is 5.95 Å². The first-order valence-electron chi connectivity index (χ1n) is 6.41. The van der Waals surface area contributed by atoms with Crippen LogP contribution in [0.5, 0.6) is 0 Å². The number of nitrogens with one attached hydrogen (secondary N) is 1. The molecule has 2 aromatic carbocycles. The third-order valence-corrected chi connectivity index (χ3v) is 3.25. The van der Waals surface area contributed by atoms with E-state index in [9.17, 15) is 10.0 Å². The summed E-state index contributed by atoms with van der Waals surface area (Å²) in [7, 11) is 0. The lowest BCUT2D eigenvalue weighted by molar-refractivity contribution is 0.179. The van der Waals surface area contributed by atoms with Crippen molar-refractivity contribution in [3.8, 4) is 0 Å². The third kappa shape index (κ3) is 2.77. The van der Waals surface area contributed by atoms with Crippen LogP contribution in [0.15, 0.2) is 58.4 Å². The van der Waals surface area contributed by atoms with Crippen LogP contribution in [0.25, 0.3) is 10.9 Å². The van der Waals surface area contributed by atoms with Crippen molar-refractivity contribution < 1.29 is 5.21 Å². The minimum atomic E-state index is -0.560. The predicted molar refractivity (Wildman–Crippen MR) is 85.9 cm³/mol. The molecule has 1 aromatic heterocycles. The molecule has 110 valence electrons. The molecule has 0 saturated carbocycles. The van der Waals surface area contributed by atoms with Crippen molar-refractivity contribution in [3.63, 3.8) is 0 Å². The standard InChI is InChI=1S/C15H11ClN4O2/c16-11-7-5-10(6-8-11)9-17-19-15-18-13-4-2-1-3-12(13)14(21)20(15)22/h1-9,22H,(H,18,19). The summed E-state index contributed by atoms with van der Waals surface area (Å²) < 4.78 is 0.432. The van der Waals surface area contributed by atoms with E-state index < -0.39 is 5.56 Å². The van der Waals surface area contributed by atoms with Crippen molar-refractivity contribution in [1.82, 2.24) is 9.71 Å². The van der Waals surface area contributed by atoms with Crippen LogP contribution in [0, 0.1) is 0 Å². The van der Waals surface area contributed by atoms with Gasteiger partial charge in [0.1, 0.15) is 0 Å². The van der Waals surface area contributed by atoms with Crippen molar-refractivity contribution in [2.75, 3.05) is 5.43 Å². The van der Waals surface area contributed by atoms with Crippen LogP contribution in [0.3, 0.4) is 0 Å². The van der Waals surface area contributed by atoms with Crippen molar-refractivity contribution in [2.45, 2.75) is 0 Å². The molecule has 3 rings (SSSR count). The summed E-state index contributed by atoms with van der Waals surface area (Å²) in [6.07, 6.45) is 1.53. The largest absolute Gasteiger partial charge is 0.422 e. The number of hydrazone groups is 1. The first-order chi connectivity index (χ1) is 10.6. The van der Waals surface area contributed by atoms with Crippen LogP contribution in [-0.2, 0) is 0 Å². The van der Waals surface area contributed by atoms with E-state index in [2.05, 4.69) is 15.5 Å². The average molecular weight is 315 g/mol. The van der Waals surface area contributed by atoms with Gasteiger partial charge in [0.25, 0.3) is 11.5 Å². The number of anilines is 1. The molecule has 22 heavy (non-hydrogen) atoms. The molecule has 6 nitrogen and oxygen atoms in total. The molecule has 1 heterocycles. The van der Waals surface area contributed by atoms with E-state index >= 15 is 0 Å². The fourth-order valence-corrected chi connectivity index (χ4v) is 2.04. The second-order valence-electron chi connectivity index (χ2n) is 4.49. The number of aromatic nitrogens is 2. The molecular weight excluding hydrogens is 304 g/mol. The lowest BCUT2D eigenvalue weighted by atomic mass is 10.2. The number of benzene rings is 2. The van der Waals surface area contributed by atoms with Crippen LogP contribution in [0.2, 0.25) is 5.02 Å². The third-order valence-electron chi connectivity index (χ3n) is 3.00. The summed E-state index contributed by atoms with van der Waals surface area (Å²) in [4.78, 5) is 16.1. The zero-order valence-corrected chi connectivity index (χ0v) is 12.0. The highest BCUT2D eigenvalue weighted by Gasteiger charge is 2.08. The van der Waals surface area contributed by atoms with Gasteiger partial charge in [0.2, 0.25) is 0 Å². The number of hydrogen-bond acceptors (Lipinski definition) is 5. The second kappa shape index (κ2) is 5.87. The minimum Gasteiger partial charge on any atom is -0.422 e. The maximum atomic E-state index is 12.0. The zero-order chi connectivity index (χ0) is 15.5. The molecular formula is C15H11ClN4O2. The van der Waals surface area contributed by atoms with Gasteiger partial charge in [-0.3, -0.25) is 4.79 Å². The fraction of sp³-hybridized carbons (Fsp3) is 0. The molecule has 0 aliphatic rings. The average Bonchev–Trinajstić information content (AvgIpc) is 2.54. The van der Waals surface area contributed by atoms with E-state index in [1.54, 1.807) is 48.5 Å². The molecule has 2 N–H and O–H groups in total. The molecule has 0 radical (unpaired) electrons. The predicted octanol–water partition coefficient (Wildman–Crippen LogP) is 2.73. The molecule has 0 aliphatic carbocycles. The monoisotopic (exact) mass is 314 g/mol. The SMILES string of the molecule is O=c1c2ccccc2nc(NN=Cc2ccc(Cl)cc2)n1O. The van der Waals surface area contributed by atoms with Gasteiger partial charge in [-0.1, -0.05) is 35.9 Å². The Morgan fingerprint density at radius 3 is 2.68 bits per heavy atom. The first kappa shape index (κ1) is 14.1. The second-order valence-corrected chi connectivity index (χ2v) is 4.93. The summed E-state index contributed by atoms with van der Waals surface area (Å²) >= 11 is 5.79. The number of rotatable bonds is 3. The topological polar surface area (TPSA) is 79.5 Å². The van der Waals surface area contributed by atoms with Crippen LogP contribution in [0.1, 0.15) is 5.56 Å². The Labute approximate surface area is 130 Å².